The summed E-state index contributed by atoms with van der Waals surface area (Å²) in [4.78, 5) is 20.5. The molecule has 134 valence electrons. The minimum Gasteiger partial charge on any atom is -0.383 e. The number of benzene rings is 1. The summed E-state index contributed by atoms with van der Waals surface area (Å²) in [7, 11) is 1.64. The number of carbonyl (C=O) groups excluding carboxylic acids is 1. The van der Waals surface area contributed by atoms with Crippen molar-refractivity contribution in [2.75, 3.05) is 39.9 Å². The van der Waals surface area contributed by atoms with E-state index < -0.39 is 0 Å². The highest BCUT2D eigenvalue weighted by molar-refractivity contribution is 5.79. The van der Waals surface area contributed by atoms with E-state index in [1.54, 1.807) is 7.11 Å². The molecule has 25 heavy (non-hydrogen) atoms. The number of nitrogens with zero attached hydrogens (tertiary/aromatic N) is 4. The zero-order chi connectivity index (χ0) is 17.6. The van der Waals surface area contributed by atoms with Crippen LogP contribution in [0.5, 0.6) is 0 Å². The van der Waals surface area contributed by atoms with Gasteiger partial charge in [0, 0.05) is 32.3 Å². The topological polar surface area (TPSA) is 71.7 Å². The highest BCUT2D eigenvalue weighted by Gasteiger charge is 2.25. The van der Waals surface area contributed by atoms with Gasteiger partial charge in [-0.1, -0.05) is 36.3 Å². The average Bonchev–Trinajstić information content (AvgIpc) is 3.09. The second-order valence-electron chi connectivity index (χ2n) is 6.15. The molecule has 0 aliphatic carbocycles. The van der Waals surface area contributed by atoms with E-state index in [9.17, 15) is 4.79 Å². The van der Waals surface area contributed by atoms with Crippen LogP contribution in [0.1, 0.15) is 18.4 Å². The molecule has 1 aromatic heterocycles. The molecular weight excluding hydrogens is 320 g/mol. The zero-order valence-corrected chi connectivity index (χ0v) is 14.8. The Morgan fingerprint density at radius 3 is 2.72 bits per heavy atom. The fourth-order valence-corrected chi connectivity index (χ4v) is 2.85. The Morgan fingerprint density at radius 1 is 1.24 bits per heavy atom. The monoisotopic (exact) mass is 344 g/mol. The smallest absolute Gasteiger partial charge is 0.241 e. The molecule has 1 aliphatic heterocycles. The molecule has 0 saturated carbocycles. The molecule has 0 N–H and O–H groups in total. The van der Waals surface area contributed by atoms with Gasteiger partial charge in [-0.15, -0.1) is 0 Å². The summed E-state index contributed by atoms with van der Waals surface area (Å²) < 4.78 is 10.4. The summed E-state index contributed by atoms with van der Waals surface area (Å²) in [6, 6.07) is 8.16. The molecule has 1 saturated heterocycles. The Labute approximate surface area is 147 Å². The number of amides is 1. The summed E-state index contributed by atoms with van der Waals surface area (Å²) in [6.07, 6.45) is 1.00. The first-order chi connectivity index (χ1) is 12.2. The first-order valence-corrected chi connectivity index (χ1v) is 8.60. The van der Waals surface area contributed by atoms with Gasteiger partial charge in [0.05, 0.1) is 19.7 Å². The van der Waals surface area contributed by atoms with E-state index in [4.69, 9.17) is 9.26 Å². The van der Waals surface area contributed by atoms with Gasteiger partial charge in [0.2, 0.25) is 17.6 Å². The SMILES string of the molecule is CCc1ccc(-c2noc(CN3CCN(CCOC)C(=O)C3)n2)cc1. The lowest BCUT2D eigenvalue weighted by Gasteiger charge is -2.33. The molecule has 1 fully saturated rings. The molecule has 0 spiro atoms. The van der Waals surface area contributed by atoms with E-state index in [1.807, 2.05) is 21.9 Å². The van der Waals surface area contributed by atoms with Crippen molar-refractivity contribution in [2.24, 2.45) is 0 Å². The molecule has 0 unspecified atom stereocenters. The van der Waals surface area contributed by atoms with Crippen LogP contribution in [0.3, 0.4) is 0 Å². The predicted molar refractivity (Wildman–Crippen MR) is 92.8 cm³/mol. The Balaban J connectivity index is 1.57. The number of rotatable bonds is 7. The number of aromatic nitrogens is 2. The third-order valence-electron chi connectivity index (χ3n) is 4.41. The summed E-state index contributed by atoms with van der Waals surface area (Å²) in [5.41, 5.74) is 2.21. The number of hydrogen-bond acceptors (Lipinski definition) is 6. The van der Waals surface area contributed by atoms with Crippen LogP contribution in [0.25, 0.3) is 11.4 Å². The number of methoxy groups -OCH3 is 1. The van der Waals surface area contributed by atoms with E-state index in [0.717, 1.165) is 18.5 Å². The van der Waals surface area contributed by atoms with Gasteiger partial charge >= 0.3 is 0 Å². The second kappa shape index (κ2) is 8.22. The summed E-state index contributed by atoms with van der Waals surface area (Å²) >= 11 is 0. The molecule has 2 aromatic rings. The Hall–Kier alpha value is -2.25. The summed E-state index contributed by atoms with van der Waals surface area (Å²) in [5.74, 6) is 1.23. The van der Waals surface area contributed by atoms with Crippen LogP contribution in [0, 0.1) is 0 Å². The van der Waals surface area contributed by atoms with Crippen molar-refractivity contribution in [3.05, 3.63) is 35.7 Å². The fraction of sp³-hybridized carbons (Fsp3) is 0.500. The fourth-order valence-electron chi connectivity index (χ4n) is 2.85. The third-order valence-corrected chi connectivity index (χ3v) is 4.41. The molecular formula is C18H24N4O3. The van der Waals surface area contributed by atoms with E-state index in [2.05, 4.69) is 29.2 Å². The predicted octanol–water partition coefficient (Wildman–Crippen LogP) is 1.59. The molecule has 3 rings (SSSR count). The molecule has 7 nitrogen and oxygen atoms in total. The molecule has 0 radical (unpaired) electrons. The molecule has 1 aliphatic rings. The van der Waals surface area contributed by atoms with Crippen molar-refractivity contribution in [1.82, 2.24) is 19.9 Å². The first kappa shape index (κ1) is 17.6. The Morgan fingerprint density at radius 2 is 2.04 bits per heavy atom. The van der Waals surface area contributed by atoms with Crippen molar-refractivity contribution in [2.45, 2.75) is 19.9 Å². The van der Waals surface area contributed by atoms with Crippen LogP contribution >= 0.6 is 0 Å². The average molecular weight is 344 g/mol. The maximum atomic E-state index is 12.1. The van der Waals surface area contributed by atoms with Crippen LogP contribution in [-0.4, -0.2) is 65.7 Å². The minimum absolute atomic E-state index is 0.109. The second-order valence-corrected chi connectivity index (χ2v) is 6.15. The van der Waals surface area contributed by atoms with Crippen molar-refractivity contribution < 1.29 is 14.1 Å². The highest BCUT2D eigenvalue weighted by Crippen LogP contribution is 2.18. The van der Waals surface area contributed by atoms with Crippen LogP contribution in [0.2, 0.25) is 0 Å². The van der Waals surface area contributed by atoms with Gasteiger partial charge in [-0.25, -0.2) is 0 Å². The molecule has 0 bridgehead atoms. The number of ether oxygens (including phenoxy) is 1. The van der Waals surface area contributed by atoms with E-state index in [-0.39, 0.29) is 5.91 Å². The van der Waals surface area contributed by atoms with Crippen molar-refractivity contribution in [3.63, 3.8) is 0 Å². The summed E-state index contributed by atoms with van der Waals surface area (Å²) in [6.45, 7) is 5.67. The molecule has 1 aromatic carbocycles. The molecule has 0 atom stereocenters. The third kappa shape index (κ3) is 4.43. The maximum absolute atomic E-state index is 12.1. The summed E-state index contributed by atoms with van der Waals surface area (Å²) in [5, 5.41) is 4.06. The van der Waals surface area contributed by atoms with Crippen LogP contribution < -0.4 is 0 Å². The van der Waals surface area contributed by atoms with Gasteiger partial charge in [0.25, 0.3) is 0 Å². The van der Waals surface area contributed by atoms with Crippen LogP contribution in [-0.2, 0) is 22.5 Å². The number of carbonyl (C=O) groups is 1. The first-order valence-electron chi connectivity index (χ1n) is 8.60. The van der Waals surface area contributed by atoms with Gasteiger partial charge in [-0.3, -0.25) is 9.69 Å². The molecule has 2 heterocycles. The Kier molecular flexibility index (Phi) is 5.78. The maximum Gasteiger partial charge on any atom is 0.241 e. The van der Waals surface area contributed by atoms with Crippen molar-refractivity contribution in [3.8, 4) is 11.4 Å². The van der Waals surface area contributed by atoms with Crippen molar-refractivity contribution >= 4 is 5.91 Å². The number of aryl methyl sites for hydroxylation is 1. The molecule has 7 heteroatoms. The van der Waals surface area contributed by atoms with Gasteiger partial charge in [-0.2, -0.15) is 4.98 Å². The standard InChI is InChI=1S/C18H24N4O3/c1-3-14-4-6-15(7-5-14)18-19-16(25-20-18)12-21-8-9-22(10-11-24-2)17(23)13-21/h4-7H,3,8-13H2,1-2H3. The normalized spacial score (nSPS) is 15.8. The lowest BCUT2D eigenvalue weighted by molar-refractivity contribution is -0.137. The molecule has 1 amide bonds. The zero-order valence-electron chi connectivity index (χ0n) is 14.8. The number of hydrogen-bond donors (Lipinski definition) is 0. The van der Waals surface area contributed by atoms with Gasteiger partial charge < -0.3 is 14.2 Å². The van der Waals surface area contributed by atoms with Crippen LogP contribution in [0.15, 0.2) is 28.8 Å². The van der Waals surface area contributed by atoms with E-state index in [0.29, 0.717) is 44.5 Å². The van der Waals surface area contributed by atoms with Gasteiger partial charge in [0.15, 0.2) is 0 Å². The van der Waals surface area contributed by atoms with Crippen molar-refractivity contribution in [1.29, 1.82) is 0 Å². The lowest BCUT2D eigenvalue weighted by atomic mass is 10.1. The van der Waals surface area contributed by atoms with Gasteiger partial charge in [0.1, 0.15) is 0 Å². The highest BCUT2D eigenvalue weighted by atomic mass is 16.5. The van der Waals surface area contributed by atoms with Gasteiger partial charge in [-0.05, 0) is 12.0 Å². The minimum atomic E-state index is 0.109. The quantitative estimate of drug-likeness (QED) is 0.760. The van der Waals surface area contributed by atoms with E-state index in [1.165, 1.54) is 5.56 Å². The van der Waals surface area contributed by atoms with Crippen LogP contribution in [0.4, 0.5) is 0 Å². The number of piperazine rings is 1. The lowest BCUT2D eigenvalue weighted by Crippen LogP contribution is -2.50. The largest absolute Gasteiger partial charge is 0.383 e. The Bertz CT molecular complexity index is 699. The van der Waals surface area contributed by atoms with E-state index >= 15 is 0 Å².